The third kappa shape index (κ3) is 4.89. The van der Waals surface area contributed by atoms with E-state index in [1.807, 2.05) is 0 Å². The van der Waals surface area contributed by atoms with Crippen LogP contribution in [0.5, 0.6) is 5.75 Å². The SMILES string of the molecule is Cc1nc2c(OCc3c(F)cccc3F)cccn2c1C(=O)CCC1CCC(C(=O)O)CC1. The molecule has 1 aromatic carbocycles. The molecule has 0 saturated heterocycles. The zero-order valence-electron chi connectivity index (χ0n) is 18.4. The number of Topliss-reactive ketones (excluding diaryl/α,β-unsaturated/α-hetero) is 1. The molecule has 4 rings (SSSR count). The third-order valence-corrected chi connectivity index (χ3v) is 6.46. The van der Waals surface area contributed by atoms with Crippen LogP contribution in [0.25, 0.3) is 5.65 Å². The van der Waals surface area contributed by atoms with Gasteiger partial charge in [0.25, 0.3) is 0 Å². The van der Waals surface area contributed by atoms with E-state index in [2.05, 4.69) is 4.98 Å². The molecule has 2 aromatic heterocycles. The molecule has 0 amide bonds. The van der Waals surface area contributed by atoms with Gasteiger partial charge < -0.3 is 9.84 Å². The highest BCUT2D eigenvalue weighted by atomic mass is 19.1. The Hall–Kier alpha value is -3.29. The van der Waals surface area contributed by atoms with Gasteiger partial charge >= 0.3 is 5.97 Å². The Morgan fingerprint density at radius 1 is 1.12 bits per heavy atom. The Balaban J connectivity index is 1.46. The van der Waals surface area contributed by atoms with Crippen molar-refractivity contribution in [2.24, 2.45) is 11.8 Å². The van der Waals surface area contributed by atoms with E-state index >= 15 is 0 Å². The van der Waals surface area contributed by atoms with Crippen molar-refractivity contribution in [2.75, 3.05) is 0 Å². The fraction of sp³-hybridized carbons (Fsp3) is 0.400. The largest absolute Gasteiger partial charge is 0.485 e. The number of benzene rings is 1. The standard InChI is InChI=1S/C25H26F2N2O4/c1-15-23(21(30)12-9-16-7-10-17(11-8-16)25(31)32)29-13-3-6-22(24(29)28-15)33-14-18-19(26)4-2-5-20(18)27/h2-6,13,16-17H,7-12,14H2,1H3,(H,31,32). The smallest absolute Gasteiger partial charge is 0.306 e. The molecule has 1 aliphatic rings. The van der Waals surface area contributed by atoms with Crippen LogP contribution in [0.15, 0.2) is 36.5 Å². The number of hydrogen-bond donors (Lipinski definition) is 1. The Morgan fingerprint density at radius 2 is 1.82 bits per heavy atom. The summed E-state index contributed by atoms with van der Waals surface area (Å²) in [5, 5.41) is 9.14. The summed E-state index contributed by atoms with van der Waals surface area (Å²) in [7, 11) is 0. The van der Waals surface area contributed by atoms with Crippen LogP contribution in [0.2, 0.25) is 0 Å². The number of imidazole rings is 1. The summed E-state index contributed by atoms with van der Waals surface area (Å²) in [6.07, 6.45) is 5.74. The van der Waals surface area contributed by atoms with E-state index in [4.69, 9.17) is 9.84 Å². The molecule has 1 saturated carbocycles. The van der Waals surface area contributed by atoms with Crippen LogP contribution in [-0.4, -0.2) is 26.2 Å². The number of aromatic nitrogens is 2. The maximum absolute atomic E-state index is 13.9. The number of carboxylic acid groups (broad SMARTS) is 1. The number of aliphatic carboxylic acids is 1. The van der Waals surface area contributed by atoms with E-state index in [9.17, 15) is 18.4 Å². The zero-order valence-corrected chi connectivity index (χ0v) is 18.4. The van der Waals surface area contributed by atoms with Crippen LogP contribution < -0.4 is 4.74 Å². The van der Waals surface area contributed by atoms with Gasteiger partial charge in [-0.15, -0.1) is 0 Å². The number of ketones is 1. The molecule has 0 spiro atoms. The van der Waals surface area contributed by atoms with Gasteiger partial charge in [-0.25, -0.2) is 13.8 Å². The predicted octanol–water partition coefficient (Wildman–Crippen LogP) is 5.35. The summed E-state index contributed by atoms with van der Waals surface area (Å²) in [6.45, 7) is 1.45. The van der Waals surface area contributed by atoms with Crippen LogP contribution in [0.4, 0.5) is 8.78 Å². The van der Waals surface area contributed by atoms with Crippen LogP contribution in [-0.2, 0) is 11.4 Å². The van der Waals surface area contributed by atoms with Crippen molar-refractivity contribution < 1.29 is 28.2 Å². The first-order chi connectivity index (χ1) is 15.8. The van der Waals surface area contributed by atoms with Gasteiger partial charge in [0.1, 0.15) is 23.9 Å². The van der Waals surface area contributed by atoms with Gasteiger partial charge in [0, 0.05) is 12.6 Å². The number of carbonyl (C=O) groups excluding carboxylic acids is 1. The molecule has 3 aromatic rings. The number of nitrogens with zero attached hydrogens (tertiary/aromatic N) is 2. The van der Waals surface area contributed by atoms with E-state index < -0.39 is 17.6 Å². The first-order valence-corrected chi connectivity index (χ1v) is 11.1. The summed E-state index contributed by atoms with van der Waals surface area (Å²) in [6, 6.07) is 6.99. The Labute approximate surface area is 190 Å². The molecular formula is C25H26F2N2O4. The highest BCUT2D eigenvalue weighted by Gasteiger charge is 2.27. The second-order valence-corrected chi connectivity index (χ2v) is 8.62. The van der Waals surface area contributed by atoms with Crippen molar-refractivity contribution in [1.82, 2.24) is 9.38 Å². The molecule has 174 valence electrons. The average molecular weight is 456 g/mol. The molecule has 8 heteroatoms. The minimum absolute atomic E-state index is 0.0438. The summed E-state index contributed by atoms with van der Waals surface area (Å²) in [5.74, 6) is -1.74. The predicted molar refractivity (Wildman–Crippen MR) is 117 cm³/mol. The molecule has 0 aliphatic heterocycles. The molecule has 1 N–H and O–H groups in total. The molecule has 0 unspecified atom stereocenters. The van der Waals surface area contributed by atoms with Gasteiger partial charge in [-0.3, -0.25) is 14.0 Å². The number of fused-ring (bicyclic) bond motifs is 1. The fourth-order valence-electron chi connectivity index (χ4n) is 4.58. The van der Waals surface area contributed by atoms with Crippen molar-refractivity contribution in [3.63, 3.8) is 0 Å². The lowest BCUT2D eigenvalue weighted by atomic mass is 9.79. The summed E-state index contributed by atoms with van der Waals surface area (Å²) < 4.78 is 35.2. The van der Waals surface area contributed by atoms with Gasteiger partial charge in [-0.05, 0) is 69.2 Å². The van der Waals surface area contributed by atoms with E-state index in [1.54, 1.807) is 29.7 Å². The number of aryl methyl sites for hydroxylation is 1. The minimum atomic E-state index is -0.735. The van der Waals surface area contributed by atoms with E-state index in [0.717, 1.165) is 12.8 Å². The summed E-state index contributed by atoms with van der Waals surface area (Å²) >= 11 is 0. The number of hydrogen-bond acceptors (Lipinski definition) is 4. The van der Waals surface area contributed by atoms with Gasteiger partial charge in [0.05, 0.1) is 17.2 Å². The van der Waals surface area contributed by atoms with Gasteiger partial charge in [-0.2, -0.15) is 0 Å². The monoisotopic (exact) mass is 456 g/mol. The fourth-order valence-corrected chi connectivity index (χ4v) is 4.58. The molecular weight excluding hydrogens is 430 g/mol. The van der Waals surface area contributed by atoms with Crippen LogP contribution in [0, 0.1) is 30.4 Å². The number of carboxylic acids is 1. The topological polar surface area (TPSA) is 80.9 Å². The van der Waals surface area contributed by atoms with Gasteiger partial charge in [0.15, 0.2) is 17.2 Å². The minimum Gasteiger partial charge on any atom is -0.485 e. The summed E-state index contributed by atoms with van der Waals surface area (Å²) in [5.41, 5.74) is 1.27. The Bertz CT molecular complexity index is 1160. The number of halogens is 2. The molecule has 6 nitrogen and oxygen atoms in total. The van der Waals surface area contributed by atoms with E-state index in [1.165, 1.54) is 18.2 Å². The molecule has 1 aliphatic carbocycles. The van der Waals surface area contributed by atoms with Crippen LogP contribution in [0.1, 0.15) is 60.3 Å². The van der Waals surface area contributed by atoms with E-state index in [0.29, 0.717) is 54.4 Å². The molecule has 0 bridgehead atoms. The summed E-state index contributed by atoms with van der Waals surface area (Å²) in [4.78, 5) is 28.6. The second-order valence-electron chi connectivity index (χ2n) is 8.62. The lowest BCUT2D eigenvalue weighted by molar-refractivity contribution is -0.143. The molecule has 0 radical (unpaired) electrons. The molecule has 2 heterocycles. The van der Waals surface area contributed by atoms with Crippen molar-refractivity contribution in [2.45, 2.75) is 52.1 Å². The Kier molecular flexibility index (Phi) is 6.72. The van der Waals surface area contributed by atoms with Gasteiger partial charge in [0.2, 0.25) is 0 Å². The van der Waals surface area contributed by atoms with Crippen LogP contribution >= 0.6 is 0 Å². The maximum Gasteiger partial charge on any atom is 0.306 e. The van der Waals surface area contributed by atoms with Gasteiger partial charge in [-0.1, -0.05) is 6.07 Å². The second kappa shape index (κ2) is 9.68. The number of pyridine rings is 1. The number of rotatable bonds is 8. The highest BCUT2D eigenvalue weighted by Crippen LogP contribution is 2.32. The van der Waals surface area contributed by atoms with E-state index in [-0.39, 0.29) is 23.9 Å². The molecule has 33 heavy (non-hydrogen) atoms. The molecule has 0 atom stereocenters. The lowest BCUT2D eigenvalue weighted by Crippen LogP contribution is -2.21. The molecule has 1 fully saturated rings. The quantitative estimate of drug-likeness (QED) is 0.462. The zero-order chi connectivity index (χ0) is 23.5. The Morgan fingerprint density at radius 3 is 2.48 bits per heavy atom. The highest BCUT2D eigenvalue weighted by molar-refractivity contribution is 5.96. The van der Waals surface area contributed by atoms with Crippen molar-refractivity contribution in [3.05, 3.63) is 65.1 Å². The van der Waals surface area contributed by atoms with Crippen LogP contribution in [0.3, 0.4) is 0 Å². The average Bonchev–Trinajstić information content (AvgIpc) is 3.14. The van der Waals surface area contributed by atoms with Crippen molar-refractivity contribution in [3.8, 4) is 5.75 Å². The first-order valence-electron chi connectivity index (χ1n) is 11.1. The van der Waals surface area contributed by atoms with Crippen molar-refractivity contribution in [1.29, 1.82) is 0 Å². The number of carbonyl (C=O) groups is 2. The number of ether oxygens (including phenoxy) is 1. The lowest BCUT2D eigenvalue weighted by Gasteiger charge is -2.25. The van der Waals surface area contributed by atoms with Crippen molar-refractivity contribution >= 4 is 17.4 Å². The maximum atomic E-state index is 13.9. The normalized spacial score (nSPS) is 18.4. The third-order valence-electron chi connectivity index (χ3n) is 6.46. The first kappa shape index (κ1) is 22.9.